The fourth-order valence-corrected chi connectivity index (χ4v) is 3.26. The smallest absolute Gasteiger partial charge is 0.0469 e. The van der Waals surface area contributed by atoms with E-state index < -0.39 is 0 Å². The number of alkyl halides is 1. The SMILES string of the molecule is BrCC1CCN(CC2CCOCC2)CC1. The van der Waals surface area contributed by atoms with Crippen LogP contribution in [0.15, 0.2) is 0 Å². The van der Waals surface area contributed by atoms with Gasteiger partial charge in [0.05, 0.1) is 0 Å². The number of rotatable bonds is 3. The molecule has 2 heterocycles. The van der Waals surface area contributed by atoms with E-state index in [9.17, 15) is 0 Å². The molecule has 0 atom stereocenters. The molecular formula is C12H22BrNO. The lowest BCUT2D eigenvalue weighted by atomic mass is 9.95. The Balaban J connectivity index is 1.67. The molecule has 0 unspecified atom stereocenters. The van der Waals surface area contributed by atoms with Crippen molar-refractivity contribution in [3.05, 3.63) is 0 Å². The summed E-state index contributed by atoms with van der Waals surface area (Å²) >= 11 is 3.59. The van der Waals surface area contributed by atoms with Crippen LogP contribution in [0.1, 0.15) is 25.7 Å². The third-order valence-corrected chi connectivity index (χ3v) is 4.70. The van der Waals surface area contributed by atoms with Gasteiger partial charge < -0.3 is 9.64 Å². The quantitative estimate of drug-likeness (QED) is 0.734. The first-order valence-corrected chi connectivity index (χ1v) is 7.36. The Morgan fingerprint density at radius 3 is 2.27 bits per heavy atom. The van der Waals surface area contributed by atoms with E-state index in [2.05, 4.69) is 20.8 Å². The molecule has 0 N–H and O–H groups in total. The summed E-state index contributed by atoms with van der Waals surface area (Å²) in [7, 11) is 0. The van der Waals surface area contributed by atoms with Gasteiger partial charge in [0.15, 0.2) is 0 Å². The van der Waals surface area contributed by atoms with Gasteiger partial charge in [0.25, 0.3) is 0 Å². The standard InChI is InChI=1S/C12H22BrNO/c13-9-11-1-5-14(6-2-11)10-12-3-7-15-8-4-12/h11-12H,1-10H2. The Labute approximate surface area is 101 Å². The van der Waals surface area contributed by atoms with Crippen LogP contribution in [0.3, 0.4) is 0 Å². The van der Waals surface area contributed by atoms with Crippen LogP contribution in [0.4, 0.5) is 0 Å². The van der Waals surface area contributed by atoms with Crippen molar-refractivity contribution in [2.24, 2.45) is 11.8 Å². The molecule has 0 saturated carbocycles. The maximum absolute atomic E-state index is 5.40. The van der Waals surface area contributed by atoms with Crippen LogP contribution in [0.2, 0.25) is 0 Å². The molecule has 2 aliphatic rings. The maximum Gasteiger partial charge on any atom is 0.0469 e. The molecule has 0 aliphatic carbocycles. The monoisotopic (exact) mass is 275 g/mol. The average Bonchev–Trinajstić information content (AvgIpc) is 2.31. The third-order valence-electron chi connectivity index (χ3n) is 3.78. The first-order chi connectivity index (χ1) is 7.38. The molecular weight excluding hydrogens is 254 g/mol. The molecule has 2 fully saturated rings. The second kappa shape index (κ2) is 6.21. The molecule has 0 aromatic rings. The Bertz CT molecular complexity index is 174. The molecule has 0 radical (unpaired) electrons. The number of halogens is 1. The summed E-state index contributed by atoms with van der Waals surface area (Å²) in [5.74, 6) is 1.83. The highest BCUT2D eigenvalue weighted by Gasteiger charge is 2.22. The van der Waals surface area contributed by atoms with E-state index in [1.54, 1.807) is 0 Å². The first-order valence-electron chi connectivity index (χ1n) is 6.24. The fraction of sp³-hybridized carbons (Fsp3) is 1.00. The molecule has 0 spiro atoms. The highest BCUT2D eigenvalue weighted by atomic mass is 79.9. The van der Waals surface area contributed by atoms with E-state index in [0.29, 0.717) is 0 Å². The number of ether oxygens (including phenoxy) is 1. The van der Waals surface area contributed by atoms with Crippen LogP contribution in [-0.2, 0) is 4.74 Å². The minimum atomic E-state index is 0.902. The van der Waals surface area contributed by atoms with Gasteiger partial charge >= 0.3 is 0 Å². The van der Waals surface area contributed by atoms with Crippen LogP contribution in [0.25, 0.3) is 0 Å². The van der Waals surface area contributed by atoms with E-state index in [-0.39, 0.29) is 0 Å². The van der Waals surface area contributed by atoms with Gasteiger partial charge in [-0.15, -0.1) is 0 Å². The van der Waals surface area contributed by atoms with E-state index in [1.165, 1.54) is 50.6 Å². The topological polar surface area (TPSA) is 12.5 Å². The van der Waals surface area contributed by atoms with Gasteiger partial charge in [0, 0.05) is 25.1 Å². The molecule has 0 bridgehead atoms. The van der Waals surface area contributed by atoms with Crippen LogP contribution in [-0.4, -0.2) is 43.1 Å². The summed E-state index contributed by atoms with van der Waals surface area (Å²) < 4.78 is 5.40. The van der Waals surface area contributed by atoms with E-state index >= 15 is 0 Å². The predicted octanol–water partition coefficient (Wildman–Crippen LogP) is 2.52. The van der Waals surface area contributed by atoms with Gasteiger partial charge in [0.2, 0.25) is 0 Å². The zero-order chi connectivity index (χ0) is 10.5. The summed E-state index contributed by atoms with van der Waals surface area (Å²) in [5.41, 5.74) is 0. The second-order valence-electron chi connectivity index (χ2n) is 4.95. The Kier molecular flexibility index (Phi) is 4.92. The van der Waals surface area contributed by atoms with E-state index in [0.717, 1.165) is 25.0 Å². The van der Waals surface area contributed by atoms with Crippen LogP contribution in [0.5, 0.6) is 0 Å². The van der Waals surface area contributed by atoms with Crippen molar-refractivity contribution in [3.63, 3.8) is 0 Å². The minimum absolute atomic E-state index is 0.902. The molecule has 15 heavy (non-hydrogen) atoms. The van der Waals surface area contributed by atoms with Crippen molar-refractivity contribution in [1.29, 1.82) is 0 Å². The Hall–Kier alpha value is 0.400. The molecule has 0 aromatic carbocycles. The summed E-state index contributed by atoms with van der Waals surface area (Å²) in [6, 6.07) is 0. The van der Waals surface area contributed by atoms with Crippen molar-refractivity contribution in [2.75, 3.05) is 38.2 Å². The van der Waals surface area contributed by atoms with Gasteiger partial charge in [-0.05, 0) is 50.6 Å². The molecule has 88 valence electrons. The number of hydrogen-bond donors (Lipinski definition) is 0. The lowest BCUT2D eigenvalue weighted by molar-refractivity contribution is 0.0475. The van der Waals surface area contributed by atoms with Crippen molar-refractivity contribution in [2.45, 2.75) is 25.7 Å². The normalized spacial score (nSPS) is 27.0. The second-order valence-corrected chi connectivity index (χ2v) is 5.60. The number of nitrogens with zero attached hydrogens (tertiary/aromatic N) is 1. The Morgan fingerprint density at radius 2 is 1.67 bits per heavy atom. The van der Waals surface area contributed by atoms with E-state index in [1.807, 2.05) is 0 Å². The van der Waals surface area contributed by atoms with Gasteiger partial charge in [-0.1, -0.05) is 15.9 Å². The predicted molar refractivity (Wildman–Crippen MR) is 66.5 cm³/mol. The zero-order valence-corrected chi connectivity index (χ0v) is 11.0. The number of piperidine rings is 1. The molecule has 0 amide bonds. The van der Waals surface area contributed by atoms with E-state index in [4.69, 9.17) is 4.74 Å². The van der Waals surface area contributed by atoms with Gasteiger partial charge in [0.1, 0.15) is 0 Å². The lowest BCUT2D eigenvalue weighted by Crippen LogP contribution is -2.38. The molecule has 2 saturated heterocycles. The summed E-state index contributed by atoms with van der Waals surface area (Å²) in [4.78, 5) is 2.66. The minimum Gasteiger partial charge on any atom is -0.381 e. The summed E-state index contributed by atoms with van der Waals surface area (Å²) in [6.45, 7) is 5.92. The third kappa shape index (κ3) is 3.72. The number of likely N-dealkylation sites (tertiary alicyclic amines) is 1. The van der Waals surface area contributed by atoms with Gasteiger partial charge in [-0.3, -0.25) is 0 Å². The summed E-state index contributed by atoms with van der Waals surface area (Å²) in [5, 5.41) is 1.19. The number of hydrogen-bond acceptors (Lipinski definition) is 2. The zero-order valence-electron chi connectivity index (χ0n) is 9.46. The fourth-order valence-electron chi connectivity index (χ4n) is 2.62. The largest absolute Gasteiger partial charge is 0.381 e. The molecule has 0 aromatic heterocycles. The highest BCUT2D eigenvalue weighted by Crippen LogP contribution is 2.22. The van der Waals surface area contributed by atoms with Gasteiger partial charge in [-0.25, -0.2) is 0 Å². The molecule has 2 aliphatic heterocycles. The Morgan fingerprint density at radius 1 is 1.00 bits per heavy atom. The van der Waals surface area contributed by atoms with Crippen LogP contribution >= 0.6 is 15.9 Å². The van der Waals surface area contributed by atoms with Crippen molar-refractivity contribution in [3.8, 4) is 0 Å². The van der Waals surface area contributed by atoms with Crippen molar-refractivity contribution < 1.29 is 4.74 Å². The van der Waals surface area contributed by atoms with Gasteiger partial charge in [-0.2, -0.15) is 0 Å². The summed E-state index contributed by atoms with van der Waals surface area (Å²) in [6.07, 6.45) is 5.32. The first kappa shape index (κ1) is 11.9. The average molecular weight is 276 g/mol. The molecule has 2 nitrogen and oxygen atoms in total. The van der Waals surface area contributed by atoms with Crippen LogP contribution < -0.4 is 0 Å². The van der Waals surface area contributed by atoms with Crippen molar-refractivity contribution in [1.82, 2.24) is 4.90 Å². The van der Waals surface area contributed by atoms with Crippen molar-refractivity contribution >= 4 is 15.9 Å². The van der Waals surface area contributed by atoms with Crippen LogP contribution in [0, 0.1) is 11.8 Å². The maximum atomic E-state index is 5.40. The molecule has 2 rings (SSSR count). The highest BCUT2D eigenvalue weighted by molar-refractivity contribution is 9.09. The lowest BCUT2D eigenvalue weighted by Gasteiger charge is -2.34. The molecule has 3 heteroatoms.